The lowest BCUT2D eigenvalue weighted by molar-refractivity contribution is 0.273. The maximum atomic E-state index is 12.3. The van der Waals surface area contributed by atoms with E-state index in [2.05, 4.69) is 5.32 Å². The first kappa shape index (κ1) is 14.2. The molecule has 0 bridgehead atoms. The maximum absolute atomic E-state index is 12.3. The third kappa shape index (κ3) is 3.62. The standard InChI is InChI=1S/C15H19NO2S/c1-16-14(8-9-17)11-19(18)15-7-6-12-4-2-3-5-13(12)10-15/h2-7,10,14,16-17H,8-9,11H2,1H3. The molecule has 2 rings (SSSR count). The lowest BCUT2D eigenvalue weighted by Gasteiger charge is -2.14. The Kier molecular flexibility index (Phi) is 5.07. The first-order valence-electron chi connectivity index (χ1n) is 6.40. The Hall–Kier alpha value is -1.23. The number of fused-ring (bicyclic) bond motifs is 1. The SMILES string of the molecule is CNC(CCO)CS(=O)c1ccc2ccccc2c1. The van der Waals surface area contributed by atoms with Crippen molar-refractivity contribution >= 4 is 21.6 Å². The molecular formula is C15H19NO2S. The van der Waals surface area contributed by atoms with Crippen molar-refractivity contribution in [3.63, 3.8) is 0 Å². The van der Waals surface area contributed by atoms with E-state index in [9.17, 15) is 4.21 Å². The zero-order valence-electron chi connectivity index (χ0n) is 11.0. The quantitative estimate of drug-likeness (QED) is 0.848. The van der Waals surface area contributed by atoms with Crippen LogP contribution in [0.25, 0.3) is 10.8 Å². The van der Waals surface area contributed by atoms with Crippen LogP contribution in [-0.2, 0) is 10.8 Å². The van der Waals surface area contributed by atoms with E-state index in [4.69, 9.17) is 5.11 Å². The van der Waals surface area contributed by atoms with Gasteiger partial charge in [-0.3, -0.25) is 4.21 Å². The number of aliphatic hydroxyl groups excluding tert-OH is 1. The Morgan fingerprint density at radius 1 is 1.21 bits per heavy atom. The minimum atomic E-state index is -1.04. The summed E-state index contributed by atoms with van der Waals surface area (Å²) >= 11 is 0. The Labute approximate surface area is 116 Å². The molecule has 0 fully saturated rings. The fourth-order valence-corrected chi connectivity index (χ4v) is 3.42. The van der Waals surface area contributed by atoms with E-state index < -0.39 is 10.8 Å². The summed E-state index contributed by atoms with van der Waals surface area (Å²) in [5.41, 5.74) is 0. The average Bonchev–Trinajstić information content (AvgIpc) is 2.46. The zero-order valence-corrected chi connectivity index (χ0v) is 11.8. The number of hydrogen-bond acceptors (Lipinski definition) is 3. The number of rotatable bonds is 6. The van der Waals surface area contributed by atoms with Crippen molar-refractivity contribution in [2.45, 2.75) is 17.4 Å². The van der Waals surface area contributed by atoms with Gasteiger partial charge in [0.1, 0.15) is 0 Å². The second kappa shape index (κ2) is 6.80. The minimum Gasteiger partial charge on any atom is -0.396 e. The fraction of sp³-hybridized carbons (Fsp3) is 0.333. The highest BCUT2D eigenvalue weighted by Crippen LogP contribution is 2.18. The van der Waals surface area contributed by atoms with Gasteiger partial charge < -0.3 is 10.4 Å². The molecule has 0 aliphatic rings. The van der Waals surface area contributed by atoms with Gasteiger partial charge in [-0.15, -0.1) is 0 Å². The van der Waals surface area contributed by atoms with Crippen molar-refractivity contribution < 1.29 is 9.32 Å². The Morgan fingerprint density at radius 2 is 1.95 bits per heavy atom. The Morgan fingerprint density at radius 3 is 2.63 bits per heavy atom. The molecule has 2 atom stereocenters. The van der Waals surface area contributed by atoms with Crippen molar-refractivity contribution in [2.24, 2.45) is 0 Å². The summed E-state index contributed by atoms with van der Waals surface area (Å²) in [5, 5.41) is 14.3. The van der Waals surface area contributed by atoms with E-state index in [1.165, 1.54) is 0 Å². The Bertz CT molecular complexity index is 571. The highest BCUT2D eigenvalue weighted by molar-refractivity contribution is 7.85. The van der Waals surface area contributed by atoms with Gasteiger partial charge in [0, 0.05) is 23.3 Å². The van der Waals surface area contributed by atoms with Gasteiger partial charge in [0.05, 0.1) is 10.8 Å². The van der Waals surface area contributed by atoms with Gasteiger partial charge in [-0.2, -0.15) is 0 Å². The molecule has 0 amide bonds. The topological polar surface area (TPSA) is 49.3 Å². The largest absolute Gasteiger partial charge is 0.396 e. The molecule has 0 radical (unpaired) electrons. The summed E-state index contributed by atoms with van der Waals surface area (Å²) in [6.07, 6.45) is 0.621. The van der Waals surface area contributed by atoms with E-state index in [0.717, 1.165) is 15.7 Å². The molecule has 2 N–H and O–H groups in total. The maximum Gasteiger partial charge on any atom is 0.0545 e. The van der Waals surface area contributed by atoms with Gasteiger partial charge in [-0.25, -0.2) is 0 Å². The van der Waals surface area contributed by atoms with Crippen LogP contribution in [0.15, 0.2) is 47.4 Å². The van der Waals surface area contributed by atoms with Crippen LogP contribution in [0.4, 0.5) is 0 Å². The number of aliphatic hydroxyl groups is 1. The van der Waals surface area contributed by atoms with Crippen LogP contribution in [0.1, 0.15) is 6.42 Å². The second-order valence-corrected chi connectivity index (χ2v) is 6.01. The molecule has 3 nitrogen and oxygen atoms in total. The van der Waals surface area contributed by atoms with E-state index in [1.54, 1.807) is 0 Å². The first-order chi connectivity index (χ1) is 9.24. The van der Waals surface area contributed by atoms with E-state index in [0.29, 0.717) is 12.2 Å². The fourth-order valence-electron chi connectivity index (χ4n) is 2.05. The number of nitrogens with one attached hydrogen (secondary N) is 1. The molecule has 4 heteroatoms. The summed E-state index contributed by atoms with van der Waals surface area (Å²) in [6, 6.07) is 14.0. The average molecular weight is 277 g/mol. The molecule has 0 aliphatic heterocycles. The highest BCUT2D eigenvalue weighted by Gasteiger charge is 2.12. The molecular weight excluding hydrogens is 258 g/mol. The molecule has 19 heavy (non-hydrogen) atoms. The predicted octanol–water partition coefficient (Wildman–Crippen LogP) is 1.92. The van der Waals surface area contributed by atoms with Gasteiger partial charge >= 0.3 is 0 Å². The van der Waals surface area contributed by atoms with Crippen LogP contribution in [0.3, 0.4) is 0 Å². The van der Waals surface area contributed by atoms with E-state index >= 15 is 0 Å². The third-order valence-electron chi connectivity index (χ3n) is 3.22. The summed E-state index contributed by atoms with van der Waals surface area (Å²) in [5.74, 6) is 0.523. The van der Waals surface area contributed by atoms with Crippen LogP contribution in [0.2, 0.25) is 0 Å². The molecule has 2 aromatic rings. The van der Waals surface area contributed by atoms with Gasteiger partial charge in [0.25, 0.3) is 0 Å². The van der Waals surface area contributed by atoms with Crippen molar-refractivity contribution in [1.29, 1.82) is 0 Å². The van der Waals surface area contributed by atoms with Crippen LogP contribution in [0.5, 0.6) is 0 Å². The summed E-state index contributed by atoms with van der Waals surface area (Å²) in [4.78, 5) is 0.844. The number of hydrogen-bond donors (Lipinski definition) is 2. The van der Waals surface area contributed by atoms with Crippen LogP contribution in [0, 0.1) is 0 Å². The first-order valence-corrected chi connectivity index (χ1v) is 7.72. The molecule has 0 aromatic heterocycles. The Balaban J connectivity index is 2.16. The zero-order chi connectivity index (χ0) is 13.7. The highest BCUT2D eigenvalue weighted by atomic mass is 32.2. The van der Waals surface area contributed by atoms with E-state index in [1.807, 2.05) is 49.5 Å². The van der Waals surface area contributed by atoms with E-state index in [-0.39, 0.29) is 12.6 Å². The number of benzene rings is 2. The van der Waals surface area contributed by atoms with Crippen molar-refractivity contribution in [2.75, 3.05) is 19.4 Å². The van der Waals surface area contributed by atoms with Gasteiger partial charge in [0.2, 0.25) is 0 Å². The monoisotopic (exact) mass is 277 g/mol. The lowest BCUT2D eigenvalue weighted by atomic mass is 10.1. The molecule has 2 unspecified atom stereocenters. The molecule has 0 saturated carbocycles. The minimum absolute atomic E-state index is 0.0808. The molecule has 102 valence electrons. The van der Waals surface area contributed by atoms with Gasteiger partial charge in [0.15, 0.2) is 0 Å². The molecule has 0 spiro atoms. The van der Waals surface area contributed by atoms with Crippen LogP contribution in [-0.4, -0.2) is 34.8 Å². The summed E-state index contributed by atoms with van der Waals surface area (Å²) in [7, 11) is 0.787. The smallest absolute Gasteiger partial charge is 0.0545 e. The van der Waals surface area contributed by atoms with Crippen LogP contribution >= 0.6 is 0 Å². The van der Waals surface area contributed by atoms with Crippen LogP contribution < -0.4 is 5.32 Å². The van der Waals surface area contributed by atoms with Crippen molar-refractivity contribution in [3.8, 4) is 0 Å². The normalized spacial score (nSPS) is 14.4. The van der Waals surface area contributed by atoms with Crippen molar-refractivity contribution in [3.05, 3.63) is 42.5 Å². The molecule has 0 heterocycles. The third-order valence-corrected chi connectivity index (χ3v) is 4.71. The van der Waals surface area contributed by atoms with Gasteiger partial charge in [-0.1, -0.05) is 30.3 Å². The molecule has 0 aliphatic carbocycles. The summed E-state index contributed by atoms with van der Waals surface area (Å²) in [6.45, 7) is 0.112. The lowest BCUT2D eigenvalue weighted by Crippen LogP contribution is -2.32. The summed E-state index contributed by atoms with van der Waals surface area (Å²) < 4.78 is 12.3. The molecule has 0 saturated heterocycles. The predicted molar refractivity (Wildman–Crippen MR) is 79.8 cm³/mol. The van der Waals surface area contributed by atoms with Gasteiger partial charge in [-0.05, 0) is 36.4 Å². The van der Waals surface area contributed by atoms with Crippen molar-refractivity contribution in [1.82, 2.24) is 5.32 Å². The molecule has 2 aromatic carbocycles. The second-order valence-electron chi connectivity index (χ2n) is 4.52.